The molecule has 0 spiro atoms. The molecule has 4 aliphatic rings. The third-order valence-electron chi connectivity index (χ3n) is 14.6. The van der Waals surface area contributed by atoms with Crippen molar-refractivity contribution >= 4 is 68.2 Å². The van der Waals surface area contributed by atoms with Crippen LogP contribution in [0.25, 0.3) is 22.3 Å². The van der Waals surface area contributed by atoms with Gasteiger partial charge in [-0.05, 0) is 86.1 Å². The van der Waals surface area contributed by atoms with Gasteiger partial charge in [-0.15, -0.1) is 0 Å². The second kappa shape index (κ2) is 22.0. The van der Waals surface area contributed by atoms with Crippen molar-refractivity contribution in [3.05, 3.63) is 110 Å². The molecule has 15 nitrogen and oxygen atoms in total. The summed E-state index contributed by atoms with van der Waals surface area (Å²) in [7, 11) is 0. The molecule has 4 amide bonds. The van der Waals surface area contributed by atoms with Crippen LogP contribution in [0.2, 0.25) is 0 Å². The SMILES string of the molecule is CC[C@@]1(OC(=O)CC2(CNC(=O)[C@H](CC(C)C)NC(=O)[C@@H](CC(=O)CCCCCN3C(=O)C=CC3=O)Cc3ccccc3)CCCCC2)C(=O)OCc2c1cc1n(c2=O)Cc2cc3c(Br)cccc3nc2-1. The minimum atomic E-state index is -1.89. The molecule has 3 atom stereocenters. The number of amides is 4. The van der Waals surface area contributed by atoms with E-state index in [2.05, 4.69) is 26.6 Å². The number of halogens is 1. The smallest absolute Gasteiger partial charge is 0.355 e. The Morgan fingerprint density at radius 1 is 0.901 bits per heavy atom. The number of unbranched alkanes of at least 4 members (excludes halogenated alkanes) is 2. The topological polar surface area (TPSA) is 200 Å². The Morgan fingerprint density at radius 3 is 2.37 bits per heavy atom. The number of hydrogen-bond donors (Lipinski definition) is 2. The van der Waals surface area contributed by atoms with Gasteiger partial charge in [0.2, 0.25) is 17.4 Å². The van der Waals surface area contributed by atoms with E-state index in [1.165, 1.54) is 17.1 Å². The number of fused-ring (bicyclic) bond motifs is 5. The zero-order valence-electron chi connectivity index (χ0n) is 40.7. The zero-order chi connectivity index (χ0) is 50.5. The fourth-order valence-electron chi connectivity index (χ4n) is 10.7. The predicted molar refractivity (Wildman–Crippen MR) is 268 cm³/mol. The van der Waals surface area contributed by atoms with Gasteiger partial charge < -0.3 is 24.7 Å². The van der Waals surface area contributed by atoms with Crippen molar-refractivity contribution in [2.75, 3.05) is 13.1 Å². The molecular weight excluding hydrogens is 971 g/mol. The van der Waals surface area contributed by atoms with Crippen molar-refractivity contribution in [1.82, 2.24) is 25.1 Å². The van der Waals surface area contributed by atoms with Gasteiger partial charge in [0.25, 0.3) is 17.4 Å². The van der Waals surface area contributed by atoms with E-state index in [1.54, 1.807) is 17.6 Å². The first kappa shape index (κ1) is 51.1. The quantitative estimate of drug-likeness (QED) is 0.0415. The van der Waals surface area contributed by atoms with Crippen LogP contribution in [-0.2, 0) is 68.2 Å². The van der Waals surface area contributed by atoms with Crippen LogP contribution in [0.4, 0.5) is 0 Å². The molecule has 0 bridgehead atoms. The van der Waals surface area contributed by atoms with Gasteiger partial charge in [0.1, 0.15) is 18.4 Å². The summed E-state index contributed by atoms with van der Waals surface area (Å²) in [5.74, 6) is -3.72. The number of carbonyl (C=O) groups excluding carboxylic acids is 7. The highest BCUT2D eigenvalue weighted by Crippen LogP contribution is 2.44. The van der Waals surface area contributed by atoms with Crippen molar-refractivity contribution in [2.45, 2.75) is 135 Å². The number of rotatable bonds is 21. The monoisotopic (exact) mass is 1030 g/mol. The Bertz CT molecular complexity index is 2820. The van der Waals surface area contributed by atoms with E-state index in [-0.39, 0.29) is 86.6 Å². The van der Waals surface area contributed by atoms with Crippen LogP contribution in [-0.4, -0.2) is 74.9 Å². The molecule has 4 aromatic rings. The number of nitrogens with one attached hydrogen (secondary N) is 2. The summed E-state index contributed by atoms with van der Waals surface area (Å²) in [6, 6.07) is 18.0. The van der Waals surface area contributed by atoms with Gasteiger partial charge in [0.05, 0.1) is 35.4 Å². The van der Waals surface area contributed by atoms with E-state index in [0.29, 0.717) is 61.9 Å². The lowest BCUT2D eigenvalue weighted by Crippen LogP contribution is -2.52. The summed E-state index contributed by atoms with van der Waals surface area (Å²) in [4.78, 5) is 114. The molecule has 1 aliphatic carbocycles. The minimum absolute atomic E-state index is 0.0128. The number of hydrogen-bond acceptors (Lipinski definition) is 11. The molecule has 16 heteroatoms. The predicted octanol–water partition coefficient (Wildman–Crippen LogP) is 7.68. The summed E-state index contributed by atoms with van der Waals surface area (Å²) in [6.45, 7) is 6.06. The van der Waals surface area contributed by atoms with E-state index in [4.69, 9.17) is 14.5 Å². The Labute approximate surface area is 421 Å². The summed E-state index contributed by atoms with van der Waals surface area (Å²) in [5, 5.41) is 7.00. The number of Topliss-reactive ketones (excluding diaryl/α,β-unsaturated/α-hetero) is 1. The number of aromatic nitrogens is 2. The van der Waals surface area contributed by atoms with Crippen LogP contribution < -0.4 is 16.2 Å². The molecule has 0 unspecified atom stereocenters. The molecule has 1 fully saturated rings. The summed E-state index contributed by atoms with van der Waals surface area (Å²) < 4.78 is 14.4. The Morgan fingerprint density at radius 2 is 1.65 bits per heavy atom. The fraction of sp³-hybridized carbons (Fsp3) is 0.473. The lowest BCUT2D eigenvalue weighted by atomic mass is 9.71. The van der Waals surface area contributed by atoms with E-state index in [1.807, 2.05) is 68.4 Å². The van der Waals surface area contributed by atoms with Gasteiger partial charge in [-0.25, -0.2) is 9.78 Å². The van der Waals surface area contributed by atoms with Gasteiger partial charge in [-0.3, -0.25) is 38.5 Å². The number of ketones is 1. The highest BCUT2D eigenvalue weighted by Gasteiger charge is 2.51. The second-order valence-electron chi connectivity index (χ2n) is 20.1. The first-order chi connectivity index (χ1) is 34.1. The number of nitrogens with zero attached hydrogens (tertiary/aromatic N) is 3. The third kappa shape index (κ3) is 11.3. The van der Waals surface area contributed by atoms with Crippen molar-refractivity contribution in [2.24, 2.45) is 17.3 Å². The zero-order valence-corrected chi connectivity index (χ0v) is 42.3. The number of carbonyl (C=O) groups is 7. The van der Waals surface area contributed by atoms with Gasteiger partial charge in [-0.1, -0.05) is 98.8 Å². The maximum atomic E-state index is 14.4. The molecule has 71 heavy (non-hydrogen) atoms. The third-order valence-corrected chi connectivity index (χ3v) is 15.3. The number of ether oxygens (including phenoxy) is 2. The van der Waals surface area contributed by atoms with Crippen molar-refractivity contribution in [3.8, 4) is 11.4 Å². The van der Waals surface area contributed by atoms with Gasteiger partial charge >= 0.3 is 11.9 Å². The highest BCUT2D eigenvalue weighted by atomic mass is 79.9. The highest BCUT2D eigenvalue weighted by molar-refractivity contribution is 9.10. The molecule has 0 saturated heterocycles. The molecule has 374 valence electrons. The second-order valence-corrected chi connectivity index (χ2v) is 20.9. The number of esters is 2. The van der Waals surface area contributed by atoms with Crippen LogP contribution in [0.15, 0.2) is 82.1 Å². The number of pyridine rings is 2. The van der Waals surface area contributed by atoms with Gasteiger partial charge in [-0.2, -0.15) is 0 Å². The largest absolute Gasteiger partial charge is 0.457 e. The molecule has 1 saturated carbocycles. The van der Waals surface area contributed by atoms with E-state index in [0.717, 1.165) is 45.8 Å². The Balaban J connectivity index is 0.948. The molecule has 3 aliphatic heterocycles. The minimum Gasteiger partial charge on any atom is -0.457 e. The Kier molecular flexibility index (Phi) is 15.8. The van der Waals surface area contributed by atoms with Crippen molar-refractivity contribution < 1.29 is 43.0 Å². The van der Waals surface area contributed by atoms with Crippen LogP contribution in [0.3, 0.4) is 0 Å². The van der Waals surface area contributed by atoms with Crippen LogP contribution in [0, 0.1) is 17.3 Å². The molecule has 2 N–H and O–H groups in total. The molecule has 0 radical (unpaired) electrons. The first-order valence-corrected chi connectivity index (χ1v) is 25.8. The average molecular weight is 1030 g/mol. The summed E-state index contributed by atoms with van der Waals surface area (Å²) in [5.41, 5.74) is 1.19. The van der Waals surface area contributed by atoms with E-state index < -0.39 is 46.7 Å². The van der Waals surface area contributed by atoms with Gasteiger partial charge in [0, 0.05) is 65.0 Å². The molecule has 2 aromatic heterocycles. The Hall–Kier alpha value is -6.29. The molecular formula is C55H62BrN5O10. The van der Waals surface area contributed by atoms with Crippen LogP contribution in [0.1, 0.15) is 126 Å². The maximum Gasteiger partial charge on any atom is 0.355 e. The lowest BCUT2D eigenvalue weighted by Gasteiger charge is -2.39. The summed E-state index contributed by atoms with van der Waals surface area (Å²) >= 11 is 3.61. The normalized spacial score (nSPS) is 18.7. The molecule has 2 aromatic carbocycles. The maximum absolute atomic E-state index is 14.4. The number of cyclic esters (lactones) is 1. The van der Waals surface area contributed by atoms with Crippen LogP contribution >= 0.6 is 15.9 Å². The van der Waals surface area contributed by atoms with E-state index in [9.17, 15) is 38.4 Å². The standard InChI is InChI=1S/C55H62BrN5O10/c1-4-55(41-29-45-49-37(28-39-42(56)18-14-19-43(39)58-49)31-61(45)52(68)40(41)32-70-53(55)69)71-48(65)30-54(22-11-7-12-23-54)33-57-51(67)44(25-34(2)3)59-50(66)36(26-35-15-8-5-9-16-35)27-38(62)17-10-6-13-24-60-46(63)20-21-47(60)64/h5,8-9,14-16,18-21,28-29,34,36,44H,4,6-7,10-13,17,22-27,30-33H2,1-3H3,(H,57,67)(H,59,66)/t36-,44+,55+/m1/s1. The van der Waals surface area contributed by atoms with Crippen LogP contribution in [0.5, 0.6) is 0 Å². The lowest BCUT2D eigenvalue weighted by molar-refractivity contribution is -0.191. The van der Waals surface area contributed by atoms with Gasteiger partial charge in [0.15, 0.2) is 0 Å². The number of imide groups is 1. The average Bonchev–Trinajstić information content (AvgIpc) is 3.88. The fourth-order valence-corrected chi connectivity index (χ4v) is 11.2. The van der Waals surface area contributed by atoms with Crippen molar-refractivity contribution in [3.63, 3.8) is 0 Å². The molecule has 8 rings (SSSR count). The molecule has 5 heterocycles. The summed E-state index contributed by atoms with van der Waals surface area (Å²) in [6.07, 6.45) is 8.74. The number of benzene rings is 2. The first-order valence-electron chi connectivity index (χ1n) is 25.0. The van der Waals surface area contributed by atoms with Crippen molar-refractivity contribution in [1.29, 1.82) is 0 Å². The van der Waals surface area contributed by atoms with E-state index >= 15 is 0 Å².